The molecule has 2 heterocycles. The van der Waals surface area contributed by atoms with Crippen molar-refractivity contribution in [3.05, 3.63) is 15.8 Å². The normalized spacial score (nSPS) is 22.2. The number of ether oxygens (including phenoxy) is 1. The van der Waals surface area contributed by atoms with E-state index < -0.39 is 5.97 Å². The Morgan fingerprint density at radius 2 is 1.76 bits per heavy atom. The number of carbonyl (C=O) groups excluding carboxylic acids is 3. The number of hydrogen-bond donors (Lipinski definition) is 0. The summed E-state index contributed by atoms with van der Waals surface area (Å²) in [6.07, 6.45) is 6.11. The van der Waals surface area contributed by atoms with Crippen LogP contribution >= 0.6 is 11.3 Å². The van der Waals surface area contributed by atoms with E-state index in [4.69, 9.17) is 4.74 Å². The van der Waals surface area contributed by atoms with Crippen LogP contribution in [0.3, 0.4) is 0 Å². The van der Waals surface area contributed by atoms with E-state index in [0.717, 1.165) is 56.5 Å². The van der Waals surface area contributed by atoms with Crippen LogP contribution in [0.15, 0.2) is 6.07 Å². The highest BCUT2D eigenvalue weighted by Gasteiger charge is 2.37. The molecule has 0 spiro atoms. The third kappa shape index (κ3) is 5.97. The van der Waals surface area contributed by atoms with Crippen LogP contribution in [0.5, 0.6) is 0 Å². The number of methoxy groups -OCH3 is 1. The fraction of sp³-hybridized carbons (Fsp3) is 0.731. The third-order valence-electron chi connectivity index (χ3n) is 7.05. The van der Waals surface area contributed by atoms with Gasteiger partial charge in [0, 0.05) is 36.3 Å². The van der Waals surface area contributed by atoms with Gasteiger partial charge in [0.05, 0.1) is 12.8 Å². The average molecular weight is 477 g/mol. The monoisotopic (exact) mass is 476 g/mol. The van der Waals surface area contributed by atoms with E-state index in [2.05, 4.69) is 27.7 Å². The van der Waals surface area contributed by atoms with Crippen LogP contribution in [0.1, 0.15) is 94.1 Å². The van der Waals surface area contributed by atoms with Crippen LogP contribution in [0.4, 0.5) is 5.69 Å². The first-order chi connectivity index (χ1) is 15.5. The molecule has 6 nitrogen and oxygen atoms in total. The highest BCUT2D eigenvalue weighted by Crippen LogP contribution is 2.40. The number of nitrogens with zero attached hydrogens (tertiary/aromatic N) is 2. The summed E-state index contributed by atoms with van der Waals surface area (Å²) in [6.45, 7) is 12.0. The van der Waals surface area contributed by atoms with Crippen LogP contribution in [0.2, 0.25) is 0 Å². The molecule has 2 amide bonds. The highest BCUT2D eigenvalue weighted by molar-refractivity contribution is 7.14. The van der Waals surface area contributed by atoms with Gasteiger partial charge in [-0.05, 0) is 62.8 Å². The second-order valence-corrected chi connectivity index (χ2v) is 11.9. The minimum absolute atomic E-state index is 0.0343. The Balaban J connectivity index is 1.98. The molecule has 2 aliphatic rings. The average Bonchev–Trinajstić information content (AvgIpc) is 3.44. The van der Waals surface area contributed by atoms with E-state index in [1.54, 1.807) is 4.90 Å². The molecule has 1 saturated heterocycles. The highest BCUT2D eigenvalue weighted by atomic mass is 32.1. The van der Waals surface area contributed by atoms with E-state index in [1.165, 1.54) is 18.4 Å². The molecular formula is C26H40N2O4S. The SMILES string of the molecule is COC(=O)c1sc(C(C)(C)C)cc1N(C(=O)[C@H]1CC[C@H](C)CC1)C(C)CC(=O)N1CCCC1. The molecule has 1 aromatic rings. The van der Waals surface area contributed by atoms with Crippen LogP contribution < -0.4 is 4.90 Å². The maximum Gasteiger partial charge on any atom is 0.350 e. The van der Waals surface area contributed by atoms with Crippen LogP contribution in [-0.2, 0) is 19.7 Å². The molecule has 1 aliphatic carbocycles. The standard InChI is InChI=1S/C26H40N2O4S/c1-17-9-11-19(12-10-17)24(30)28(18(2)15-22(29)27-13-7-8-14-27)20-16-21(26(3,4)5)33-23(20)25(31)32-6/h16-19H,7-15H2,1-6H3/t17-,18?,19-. The molecule has 0 aromatic carbocycles. The number of hydrogen-bond acceptors (Lipinski definition) is 5. The fourth-order valence-corrected chi connectivity index (χ4v) is 6.01. The number of anilines is 1. The first kappa shape index (κ1) is 25.7. The lowest BCUT2D eigenvalue weighted by molar-refractivity contribution is -0.130. The van der Waals surface area contributed by atoms with Gasteiger partial charge < -0.3 is 14.5 Å². The Morgan fingerprint density at radius 1 is 1.15 bits per heavy atom. The van der Waals surface area contributed by atoms with Gasteiger partial charge in [-0.25, -0.2) is 4.79 Å². The zero-order valence-electron chi connectivity index (χ0n) is 21.1. The Labute approximate surface area is 202 Å². The molecule has 0 bridgehead atoms. The van der Waals surface area contributed by atoms with E-state index in [1.807, 2.05) is 17.9 Å². The minimum Gasteiger partial charge on any atom is -0.465 e. The number of likely N-dealkylation sites (tertiary alicyclic amines) is 1. The van der Waals surface area contributed by atoms with Crippen molar-refractivity contribution in [2.24, 2.45) is 11.8 Å². The van der Waals surface area contributed by atoms with Crippen molar-refractivity contribution in [3.63, 3.8) is 0 Å². The summed E-state index contributed by atoms with van der Waals surface area (Å²) in [7, 11) is 1.37. The molecule has 7 heteroatoms. The molecule has 1 aromatic heterocycles. The number of thiophene rings is 1. The maximum absolute atomic E-state index is 13.9. The van der Waals surface area contributed by atoms with Gasteiger partial charge in [-0.2, -0.15) is 0 Å². The van der Waals surface area contributed by atoms with Crippen molar-refractivity contribution >= 4 is 34.8 Å². The number of amides is 2. The Bertz CT molecular complexity index is 858. The fourth-order valence-electron chi connectivity index (χ4n) is 4.89. The van der Waals surface area contributed by atoms with Crippen molar-refractivity contribution in [1.82, 2.24) is 4.90 Å². The van der Waals surface area contributed by atoms with Gasteiger partial charge in [0.25, 0.3) is 0 Å². The molecule has 1 aliphatic heterocycles. The zero-order chi connectivity index (χ0) is 24.3. The summed E-state index contributed by atoms with van der Waals surface area (Å²) in [5.74, 6) is 0.247. The van der Waals surface area contributed by atoms with Crippen LogP contribution in [0, 0.1) is 11.8 Å². The van der Waals surface area contributed by atoms with Gasteiger partial charge in [0.1, 0.15) is 4.88 Å². The third-order valence-corrected chi connectivity index (χ3v) is 8.58. The van der Waals surface area contributed by atoms with Gasteiger partial charge in [0.2, 0.25) is 11.8 Å². The molecule has 2 fully saturated rings. The van der Waals surface area contributed by atoms with Crippen molar-refractivity contribution in [2.45, 2.75) is 91.0 Å². The topological polar surface area (TPSA) is 66.9 Å². The predicted molar refractivity (Wildman–Crippen MR) is 133 cm³/mol. The van der Waals surface area contributed by atoms with Crippen molar-refractivity contribution < 1.29 is 19.1 Å². The van der Waals surface area contributed by atoms with E-state index in [-0.39, 0.29) is 35.6 Å². The maximum atomic E-state index is 13.9. The second kappa shape index (κ2) is 10.6. The second-order valence-electron chi connectivity index (χ2n) is 10.9. The lowest BCUT2D eigenvalue weighted by Crippen LogP contribution is -2.46. The molecule has 1 saturated carbocycles. The lowest BCUT2D eigenvalue weighted by atomic mass is 9.82. The number of rotatable bonds is 6. The summed E-state index contributed by atoms with van der Waals surface area (Å²) in [4.78, 5) is 44.8. The van der Waals surface area contributed by atoms with E-state index in [9.17, 15) is 14.4 Å². The van der Waals surface area contributed by atoms with Gasteiger partial charge >= 0.3 is 5.97 Å². The quantitative estimate of drug-likeness (QED) is 0.516. The number of esters is 1. The van der Waals surface area contributed by atoms with Crippen LogP contribution in [-0.4, -0.2) is 48.9 Å². The summed E-state index contributed by atoms with van der Waals surface area (Å²) >= 11 is 1.39. The molecule has 3 rings (SSSR count). The van der Waals surface area contributed by atoms with Crippen molar-refractivity contribution in [1.29, 1.82) is 0 Å². The van der Waals surface area contributed by atoms with Gasteiger partial charge in [-0.1, -0.05) is 27.7 Å². The summed E-state index contributed by atoms with van der Waals surface area (Å²) in [6, 6.07) is 1.63. The first-order valence-electron chi connectivity index (χ1n) is 12.4. The predicted octanol–water partition coefficient (Wildman–Crippen LogP) is 5.39. The molecule has 1 unspecified atom stereocenters. The van der Waals surface area contributed by atoms with E-state index in [0.29, 0.717) is 16.5 Å². The van der Waals surface area contributed by atoms with Crippen molar-refractivity contribution in [2.75, 3.05) is 25.1 Å². The lowest BCUT2D eigenvalue weighted by Gasteiger charge is -2.35. The summed E-state index contributed by atoms with van der Waals surface area (Å²) < 4.78 is 5.09. The first-order valence-corrected chi connectivity index (χ1v) is 13.2. The van der Waals surface area contributed by atoms with Gasteiger partial charge in [0.15, 0.2) is 0 Å². The van der Waals surface area contributed by atoms with Crippen molar-refractivity contribution in [3.8, 4) is 0 Å². The molecule has 33 heavy (non-hydrogen) atoms. The van der Waals surface area contributed by atoms with Crippen LogP contribution in [0.25, 0.3) is 0 Å². The Kier molecular flexibility index (Phi) is 8.25. The largest absolute Gasteiger partial charge is 0.465 e. The molecule has 184 valence electrons. The number of carbonyl (C=O) groups is 3. The Morgan fingerprint density at radius 3 is 2.30 bits per heavy atom. The summed E-state index contributed by atoms with van der Waals surface area (Å²) in [5, 5.41) is 0. The summed E-state index contributed by atoms with van der Waals surface area (Å²) in [5.41, 5.74) is 0.428. The van der Waals surface area contributed by atoms with E-state index >= 15 is 0 Å². The smallest absolute Gasteiger partial charge is 0.350 e. The molecule has 0 N–H and O–H groups in total. The van der Waals surface area contributed by atoms with Gasteiger partial charge in [-0.15, -0.1) is 11.3 Å². The molecule has 0 radical (unpaired) electrons. The molecule has 1 atom stereocenters. The zero-order valence-corrected chi connectivity index (χ0v) is 21.9. The Hall–Kier alpha value is -1.89. The molecular weight excluding hydrogens is 436 g/mol. The minimum atomic E-state index is -0.432. The van der Waals surface area contributed by atoms with Gasteiger partial charge in [-0.3, -0.25) is 9.59 Å².